The first kappa shape index (κ1) is 20.4. The van der Waals surface area contributed by atoms with Crippen molar-refractivity contribution in [3.05, 3.63) is 60.7 Å². The SMILES string of the molecule is CC(C(=O)O)C1[C@H]2CC(O[Si](c3ccccc3)(c3ccccc3)C(C)(C)C)C[C@@H]12. The molecule has 0 aromatic heterocycles. The highest BCUT2D eigenvalue weighted by atomic mass is 28.4. The summed E-state index contributed by atoms with van der Waals surface area (Å²) >= 11 is 0. The molecule has 0 radical (unpaired) electrons. The van der Waals surface area contributed by atoms with Crippen molar-refractivity contribution in [2.24, 2.45) is 23.7 Å². The molecule has 0 spiro atoms. The number of fused-ring (bicyclic) bond motifs is 1. The molecule has 5 atom stereocenters. The smallest absolute Gasteiger partial charge is 0.306 e. The molecule has 2 saturated carbocycles. The minimum Gasteiger partial charge on any atom is -0.481 e. The molecule has 2 aromatic carbocycles. The molecule has 4 rings (SSSR count). The molecule has 2 aromatic rings. The number of carbonyl (C=O) groups is 1. The van der Waals surface area contributed by atoms with E-state index in [4.69, 9.17) is 4.43 Å². The van der Waals surface area contributed by atoms with Crippen molar-refractivity contribution in [1.29, 1.82) is 0 Å². The highest BCUT2D eigenvalue weighted by Gasteiger charge is 2.61. The van der Waals surface area contributed by atoms with Crippen molar-refractivity contribution in [3.63, 3.8) is 0 Å². The van der Waals surface area contributed by atoms with Crippen LogP contribution in [0, 0.1) is 23.7 Å². The number of hydrogen-bond acceptors (Lipinski definition) is 2. The maximum Gasteiger partial charge on any atom is 0.306 e. The van der Waals surface area contributed by atoms with E-state index < -0.39 is 14.3 Å². The maximum atomic E-state index is 11.4. The second-order valence-electron chi connectivity index (χ2n) is 9.91. The van der Waals surface area contributed by atoms with Crippen LogP contribution in [0.4, 0.5) is 0 Å². The normalized spacial score (nSPS) is 27.3. The fourth-order valence-corrected chi connectivity index (χ4v) is 10.5. The number of carboxylic acids is 1. The van der Waals surface area contributed by atoms with E-state index in [0.29, 0.717) is 17.8 Å². The topological polar surface area (TPSA) is 46.5 Å². The summed E-state index contributed by atoms with van der Waals surface area (Å²) in [5.41, 5.74) is 0. The lowest BCUT2D eigenvalue weighted by molar-refractivity contribution is -0.142. The molecular weight excluding hydrogens is 376 g/mol. The third-order valence-corrected chi connectivity index (χ3v) is 12.3. The summed E-state index contributed by atoms with van der Waals surface area (Å²) in [5, 5.41) is 12.0. The molecule has 2 fully saturated rings. The van der Waals surface area contributed by atoms with E-state index in [2.05, 4.69) is 81.4 Å². The van der Waals surface area contributed by atoms with Crippen LogP contribution in [0.25, 0.3) is 0 Å². The molecular formula is C25H32O3Si. The highest BCUT2D eigenvalue weighted by Crippen LogP contribution is 2.61. The molecule has 0 bridgehead atoms. The Morgan fingerprint density at radius 1 is 0.966 bits per heavy atom. The zero-order valence-corrected chi connectivity index (χ0v) is 18.8. The van der Waals surface area contributed by atoms with Crippen LogP contribution in [0.5, 0.6) is 0 Å². The van der Waals surface area contributed by atoms with Gasteiger partial charge >= 0.3 is 5.97 Å². The summed E-state index contributed by atoms with van der Waals surface area (Å²) < 4.78 is 7.22. The van der Waals surface area contributed by atoms with Gasteiger partial charge in [0.2, 0.25) is 0 Å². The van der Waals surface area contributed by atoms with Gasteiger partial charge in [0.05, 0.1) is 5.92 Å². The minimum absolute atomic E-state index is 0.0176. The van der Waals surface area contributed by atoms with Gasteiger partial charge in [-0.2, -0.15) is 0 Å². The zero-order valence-electron chi connectivity index (χ0n) is 17.8. The summed E-state index contributed by atoms with van der Waals surface area (Å²) in [7, 11) is -2.51. The third-order valence-electron chi connectivity index (χ3n) is 7.20. The van der Waals surface area contributed by atoms with Gasteiger partial charge in [-0.25, -0.2) is 0 Å². The Hall–Kier alpha value is -1.91. The van der Waals surface area contributed by atoms with Crippen LogP contribution in [-0.2, 0) is 9.22 Å². The van der Waals surface area contributed by atoms with Gasteiger partial charge in [-0.1, -0.05) is 88.4 Å². The summed E-state index contributed by atoms with van der Waals surface area (Å²) in [6, 6.07) is 21.5. The van der Waals surface area contributed by atoms with Gasteiger partial charge in [-0.05, 0) is 46.0 Å². The van der Waals surface area contributed by atoms with Crippen LogP contribution >= 0.6 is 0 Å². The monoisotopic (exact) mass is 408 g/mol. The van der Waals surface area contributed by atoms with Crippen LogP contribution in [-0.4, -0.2) is 25.5 Å². The van der Waals surface area contributed by atoms with Crippen molar-refractivity contribution in [2.75, 3.05) is 0 Å². The first-order valence-electron chi connectivity index (χ1n) is 10.8. The Bertz CT molecular complexity index is 807. The van der Waals surface area contributed by atoms with E-state index >= 15 is 0 Å². The van der Waals surface area contributed by atoms with Gasteiger partial charge in [0.25, 0.3) is 8.32 Å². The first-order valence-corrected chi connectivity index (χ1v) is 12.7. The number of hydrogen-bond donors (Lipinski definition) is 1. The van der Waals surface area contributed by atoms with Crippen molar-refractivity contribution in [2.45, 2.75) is 51.7 Å². The molecule has 3 unspecified atom stereocenters. The zero-order chi connectivity index (χ0) is 20.8. The summed E-state index contributed by atoms with van der Waals surface area (Å²) in [6.07, 6.45) is 2.21. The van der Waals surface area contributed by atoms with Gasteiger partial charge in [-0.15, -0.1) is 0 Å². The van der Waals surface area contributed by atoms with E-state index in [0.717, 1.165) is 12.8 Å². The number of benzene rings is 2. The van der Waals surface area contributed by atoms with Crippen LogP contribution in [0.1, 0.15) is 40.5 Å². The third kappa shape index (κ3) is 3.47. The van der Waals surface area contributed by atoms with E-state index in [-0.39, 0.29) is 17.1 Å². The van der Waals surface area contributed by atoms with Crippen molar-refractivity contribution in [1.82, 2.24) is 0 Å². The lowest BCUT2D eigenvalue weighted by Gasteiger charge is -2.45. The van der Waals surface area contributed by atoms with Gasteiger partial charge in [0, 0.05) is 6.10 Å². The Balaban J connectivity index is 1.66. The van der Waals surface area contributed by atoms with Crippen molar-refractivity contribution in [3.8, 4) is 0 Å². The quantitative estimate of drug-likeness (QED) is 0.725. The standard InChI is InChI=1S/C25H32O3Si/c1-17(24(26)27)23-21-15-18(16-22(21)23)28-29(25(2,3)4,19-11-7-5-8-12-19)20-13-9-6-10-14-20/h5-14,17-18,21-23H,15-16H2,1-4H3,(H,26,27)/t17?,18?,21-,22+,23?. The second kappa shape index (κ2) is 7.40. The molecule has 1 N–H and O–H groups in total. The molecule has 0 saturated heterocycles. The summed E-state index contributed by atoms with van der Waals surface area (Å²) in [5.74, 6) is 0.479. The average Bonchev–Trinajstić information content (AvgIpc) is 3.20. The summed E-state index contributed by atoms with van der Waals surface area (Å²) in [4.78, 5) is 11.4. The number of carboxylic acid groups (broad SMARTS) is 1. The van der Waals surface area contributed by atoms with Crippen LogP contribution in [0.3, 0.4) is 0 Å². The largest absolute Gasteiger partial charge is 0.481 e. The first-order chi connectivity index (χ1) is 13.8. The molecule has 4 heteroatoms. The van der Waals surface area contributed by atoms with E-state index in [9.17, 15) is 9.90 Å². The van der Waals surface area contributed by atoms with E-state index in [1.165, 1.54) is 10.4 Å². The average molecular weight is 409 g/mol. The van der Waals surface area contributed by atoms with E-state index in [1.54, 1.807) is 0 Å². The predicted molar refractivity (Wildman–Crippen MR) is 119 cm³/mol. The molecule has 0 heterocycles. The number of aliphatic carboxylic acids is 1. The lowest BCUT2D eigenvalue weighted by Crippen LogP contribution is -2.67. The molecule has 29 heavy (non-hydrogen) atoms. The Morgan fingerprint density at radius 3 is 1.79 bits per heavy atom. The fourth-order valence-electron chi connectivity index (χ4n) is 5.79. The minimum atomic E-state index is -2.51. The highest BCUT2D eigenvalue weighted by molar-refractivity contribution is 6.99. The molecule has 154 valence electrons. The number of rotatable bonds is 6. The van der Waals surface area contributed by atoms with Gasteiger partial charge < -0.3 is 9.53 Å². The maximum absolute atomic E-state index is 11.4. The van der Waals surface area contributed by atoms with Gasteiger partial charge in [0.15, 0.2) is 0 Å². The lowest BCUT2D eigenvalue weighted by atomic mass is 9.98. The molecule has 2 aliphatic rings. The van der Waals surface area contributed by atoms with Gasteiger partial charge in [0.1, 0.15) is 0 Å². The van der Waals surface area contributed by atoms with Crippen LogP contribution in [0.2, 0.25) is 5.04 Å². The van der Waals surface area contributed by atoms with E-state index in [1.807, 2.05) is 6.92 Å². The fraction of sp³-hybridized carbons (Fsp3) is 0.480. The summed E-state index contributed by atoms with van der Waals surface area (Å²) in [6.45, 7) is 8.79. The van der Waals surface area contributed by atoms with Crippen LogP contribution in [0.15, 0.2) is 60.7 Å². The molecule has 0 amide bonds. The Kier molecular flexibility index (Phi) is 5.20. The second-order valence-corrected chi connectivity index (χ2v) is 14.2. The van der Waals surface area contributed by atoms with Crippen molar-refractivity contribution >= 4 is 24.7 Å². The Morgan fingerprint density at radius 2 is 1.41 bits per heavy atom. The predicted octanol–water partition coefficient (Wildman–Crippen LogP) is 4.31. The molecule has 3 nitrogen and oxygen atoms in total. The van der Waals surface area contributed by atoms with Crippen molar-refractivity contribution < 1.29 is 14.3 Å². The molecule has 0 aliphatic heterocycles. The van der Waals surface area contributed by atoms with Gasteiger partial charge in [-0.3, -0.25) is 4.79 Å². The molecule has 2 aliphatic carbocycles. The van der Waals surface area contributed by atoms with Crippen LogP contribution < -0.4 is 10.4 Å². The Labute approximate surface area is 175 Å².